The van der Waals surface area contributed by atoms with Gasteiger partial charge in [-0.15, -0.1) is 0 Å². The monoisotopic (exact) mass is 531 g/mol. The van der Waals surface area contributed by atoms with Gasteiger partial charge in [0.1, 0.15) is 4.32 Å². The largest absolute Gasteiger partial charge is 0.293 e. The highest BCUT2D eigenvalue weighted by Crippen LogP contribution is 2.35. The number of aromatic nitrogens is 2. The Kier molecular flexibility index (Phi) is 10.6. The number of hydrogen-bond acceptors (Lipinski definition) is 4. The fourth-order valence-electron chi connectivity index (χ4n) is 4.62. The Labute approximate surface area is 231 Å². The van der Waals surface area contributed by atoms with E-state index in [-0.39, 0.29) is 5.91 Å². The second kappa shape index (κ2) is 14.3. The van der Waals surface area contributed by atoms with Gasteiger partial charge in [-0.25, -0.2) is 4.68 Å². The van der Waals surface area contributed by atoms with Gasteiger partial charge in [0.2, 0.25) is 0 Å². The topological polar surface area (TPSA) is 38.1 Å². The van der Waals surface area contributed by atoms with Crippen molar-refractivity contribution in [3.05, 3.63) is 77.3 Å². The first kappa shape index (κ1) is 27.3. The van der Waals surface area contributed by atoms with Gasteiger partial charge < -0.3 is 0 Å². The number of benzene rings is 2. The minimum atomic E-state index is 0.0115. The average molecular weight is 532 g/mol. The molecule has 0 atom stereocenters. The number of hydrogen-bond donors (Lipinski definition) is 0. The molecule has 0 spiro atoms. The molecule has 4 nitrogen and oxygen atoms in total. The number of carbonyl (C=O) groups is 1. The number of amides is 1. The van der Waals surface area contributed by atoms with Crippen molar-refractivity contribution in [2.75, 3.05) is 6.54 Å². The molecule has 0 saturated carbocycles. The summed E-state index contributed by atoms with van der Waals surface area (Å²) in [6, 6.07) is 20.1. The standard InChI is InChI=1S/C31H37N3OS2/c1-2-3-4-5-6-7-8-9-10-17-22-33-30(35)28(37-31(33)36)23-26-24-34(27-20-15-12-16-21-27)32-29(26)25-18-13-11-14-19-25/h11-16,18-21,23-24H,2-10,17,22H2,1H3. The quantitative estimate of drug-likeness (QED) is 0.118. The normalized spacial score (nSPS) is 14.7. The number of unbranched alkanes of at least 4 members (excludes halogenated alkanes) is 9. The molecule has 1 amide bonds. The van der Waals surface area contributed by atoms with Crippen molar-refractivity contribution in [1.29, 1.82) is 0 Å². The van der Waals surface area contributed by atoms with Crippen LogP contribution >= 0.6 is 24.0 Å². The van der Waals surface area contributed by atoms with E-state index in [1.54, 1.807) is 4.90 Å². The van der Waals surface area contributed by atoms with Crippen LogP contribution in [-0.4, -0.2) is 31.5 Å². The van der Waals surface area contributed by atoms with E-state index in [0.717, 1.165) is 35.3 Å². The molecule has 1 saturated heterocycles. The molecule has 6 heteroatoms. The van der Waals surface area contributed by atoms with Crippen molar-refractivity contribution in [1.82, 2.24) is 14.7 Å². The molecule has 0 unspecified atom stereocenters. The van der Waals surface area contributed by atoms with E-state index < -0.39 is 0 Å². The first-order valence-electron chi connectivity index (χ1n) is 13.6. The highest BCUT2D eigenvalue weighted by atomic mass is 32.2. The van der Waals surface area contributed by atoms with Crippen LogP contribution in [0.25, 0.3) is 23.0 Å². The number of thioether (sulfide) groups is 1. The molecule has 1 aliphatic rings. The molecule has 37 heavy (non-hydrogen) atoms. The molecule has 3 aromatic rings. The molecule has 194 valence electrons. The van der Waals surface area contributed by atoms with Crippen molar-refractivity contribution in [2.45, 2.75) is 71.1 Å². The van der Waals surface area contributed by atoms with Gasteiger partial charge in [-0.3, -0.25) is 9.69 Å². The first-order valence-corrected chi connectivity index (χ1v) is 14.9. The maximum atomic E-state index is 13.3. The van der Waals surface area contributed by atoms with Crippen LogP contribution in [0.5, 0.6) is 0 Å². The van der Waals surface area contributed by atoms with Gasteiger partial charge in [-0.2, -0.15) is 5.10 Å². The van der Waals surface area contributed by atoms with Crippen LogP contribution in [-0.2, 0) is 4.79 Å². The van der Waals surface area contributed by atoms with E-state index in [1.807, 2.05) is 77.6 Å². The fraction of sp³-hybridized carbons (Fsp3) is 0.387. The predicted octanol–water partition coefficient (Wildman–Crippen LogP) is 8.66. The lowest BCUT2D eigenvalue weighted by atomic mass is 10.1. The summed E-state index contributed by atoms with van der Waals surface area (Å²) in [7, 11) is 0. The van der Waals surface area contributed by atoms with Crippen molar-refractivity contribution in [3.63, 3.8) is 0 Å². The number of carbonyl (C=O) groups excluding carboxylic acids is 1. The van der Waals surface area contributed by atoms with E-state index in [0.29, 0.717) is 15.8 Å². The summed E-state index contributed by atoms with van der Waals surface area (Å²) < 4.78 is 2.53. The molecule has 2 heterocycles. The lowest BCUT2D eigenvalue weighted by Crippen LogP contribution is -2.29. The van der Waals surface area contributed by atoms with Crippen molar-refractivity contribution >= 4 is 40.3 Å². The van der Waals surface area contributed by atoms with Gasteiger partial charge in [0.15, 0.2) is 0 Å². The Morgan fingerprint density at radius 2 is 1.43 bits per heavy atom. The Bertz CT molecular complexity index is 1190. The minimum absolute atomic E-state index is 0.0115. The van der Waals surface area contributed by atoms with Crippen LogP contribution in [0.3, 0.4) is 0 Å². The summed E-state index contributed by atoms with van der Waals surface area (Å²) in [6.45, 7) is 2.96. The first-order chi connectivity index (χ1) is 18.2. The average Bonchev–Trinajstić information content (AvgIpc) is 3.47. The Balaban J connectivity index is 1.38. The summed E-state index contributed by atoms with van der Waals surface area (Å²) >= 11 is 6.99. The number of nitrogens with zero attached hydrogens (tertiary/aromatic N) is 3. The molecule has 4 rings (SSSR count). The van der Waals surface area contributed by atoms with Crippen molar-refractivity contribution in [3.8, 4) is 16.9 Å². The van der Waals surface area contributed by atoms with Crippen LogP contribution < -0.4 is 0 Å². The fourth-order valence-corrected chi connectivity index (χ4v) is 5.92. The highest BCUT2D eigenvalue weighted by molar-refractivity contribution is 8.26. The van der Waals surface area contributed by atoms with E-state index >= 15 is 0 Å². The van der Waals surface area contributed by atoms with Crippen molar-refractivity contribution < 1.29 is 4.79 Å². The van der Waals surface area contributed by atoms with Gasteiger partial charge >= 0.3 is 0 Å². The SMILES string of the molecule is CCCCCCCCCCCCN1C(=O)C(=Cc2cn(-c3ccccc3)nc2-c2ccccc2)SC1=S. The summed E-state index contributed by atoms with van der Waals surface area (Å²) in [5.74, 6) is 0.0115. The van der Waals surface area contributed by atoms with Crippen molar-refractivity contribution in [2.24, 2.45) is 0 Å². The van der Waals surface area contributed by atoms with Gasteiger partial charge in [-0.1, -0.05) is 137 Å². The number of para-hydroxylation sites is 1. The van der Waals surface area contributed by atoms with Crippen LogP contribution in [0.1, 0.15) is 76.7 Å². The zero-order chi connectivity index (χ0) is 25.9. The number of thiocarbonyl (C=S) groups is 1. The molecular weight excluding hydrogens is 494 g/mol. The maximum Gasteiger partial charge on any atom is 0.266 e. The van der Waals surface area contributed by atoms with Gasteiger partial charge in [0, 0.05) is 23.9 Å². The van der Waals surface area contributed by atoms with Gasteiger partial charge in [-0.05, 0) is 24.6 Å². The lowest BCUT2D eigenvalue weighted by Gasteiger charge is -2.14. The number of rotatable bonds is 14. The third-order valence-corrected chi connectivity index (χ3v) is 8.08. The van der Waals surface area contributed by atoms with Gasteiger partial charge in [0.25, 0.3) is 5.91 Å². The lowest BCUT2D eigenvalue weighted by molar-refractivity contribution is -0.122. The zero-order valence-electron chi connectivity index (χ0n) is 21.8. The maximum absolute atomic E-state index is 13.3. The Morgan fingerprint density at radius 3 is 2.08 bits per heavy atom. The third kappa shape index (κ3) is 7.65. The Morgan fingerprint density at radius 1 is 0.838 bits per heavy atom. The second-order valence-corrected chi connectivity index (χ2v) is 11.3. The summed E-state index contributed by atoms with van der Waals surface area (Å²) in [6.07, 6.45) is 16.7. The molecule has 0 aliphatic carbocycles. The van der Waals surface area contributed by atoms with Crippen LogP contribution in [0.2, 0.25) is 0 Å². The van der Waals surface area contributed by atoms with Crippen LogP contribution in [0, 0.1) is 0 Å². The third-order valence-electron chi connectivity index (χ3n) is 6.71. The second-order valence-electron chi connectivity index (χ2n) is 9.59. The van der Waals surface area contributed by atoms with Crippen LogP contribution in [0.15, 0.2) is 71.8 Å². The Hall–Kier alpha value is -2.70. The van der Waals surface area contributed by atoms with Crippen LogP contribution in [0.4, 0.5) is 0 Å². The van der Waals surface area contributed by atoms with E-state index in [9.17, 15) is 4.79 Å². The van der Waals surface area contributed by atoms with Gasteiger partial charge in [0.05, 0.1) is 16.3 Å². The summed E-state index contributed by atoms with van der Waals surface area (Å²) in [5, 5.41) is 4.87. The molecule has 0 N–H and O–H groups in total. The van der Waals surface area contributed by atoms with E-state index in [4.69, 9.17) is 17.3 Å². The van der Waals surface area contributed by atoms with E-state index in [1.165, 1.54) is 63.1 Å². The minimum Gasteiger partial charge on any atom is -0.293 e. The smallest absolute Gasteiger partial charge is 0.266 e. The van der Waals surface area contributed by atoms with E-state index in [2.05, 4.69) is 6.92 Å². The molecule has 1 fully saturated rings. The molecule has 1 aromatic heterocycles. The summed E-state index contributed by atoms with van der Waals surface area (Å²) in [5.41, 5.74) is 3.76. The highest BCUT2D eigenvalue weighted by Gasteiger charge is 2.32. The molecule has 2 aromatic carbocycles. The summed E-state index contributed by atoms with van der Waals surface area (Å²) in [4.78, 5) is 15.7. The molecule has 1 aliphatic heterocycles. The zero-order valence-corrected chi connectivity index (χ0v) is 23.4. The predicted molar refractivity (Wildman–Crippen MR) is 161 cm³/mol. The molecule has 0 bridgehead atoms. The molecule has 0 radical (unpaired) electrons. The molecular formula is C31H37N3OS2.